The smallest absolute Gasteiger partial charge is 0.277 e. The molecule has 0 spiro atoms. The number of carbonyl (C=O) groups excluding carboxylic acids is 3. The van der Waals surface area contributed by atoms with Crippen LogP contribution in [0.1, 0.15) is 35.2 Å². The first-order valence-electron chi connectivity index (χ1n) is 7.38. The summed E-state index contributed by atoms with van der Waals surface area (Å²) in [7, 11) is 0. The van der Waals surface area contributed by atoms with Crippen LogP contribution >= 0.6 is 0 Å². The number of hydrogen-bond donors (Lipinski definition) is 2. The molecule has 0 heterocycles. The maximum Gasteiger partial charge on any atom is 0.328 e. The quantitative estimate of drug-likeness (QED) is 0.912. The zero-order valence-corrected chi connectivity index (χ0v) is 12.8. The van der Waals surface area contributed by atoms with E-state index in [9.17, 15) is 14.4 Å². The summed E-state index contributed by atoms with van der Waals surface area (Å²) >= 11 is 0. The molecule has 5 nitrogen and oxygen atoms in total. The monoisotopic (exact) mass is 310 g/mol. The Kier molecular flexibility index (Phi) is 5.63. The van der Waals surface area contributed by atoms with E-state index in [1.807, 2.05) is 37.3 Å². The van der Waals surface area contributed by atoms with Gasteiger partial charge in [0, 0.05) is 5.56 Å². The topological polar surface area (TPSA) is 75.3 Å². The molecule has 2 aromatic rings. The van der Waals surface area contributed by atoms with E-state index in [2.05, 4.69) is 10.6 Å². The van der Waals surface area contributed by atoms with Crippen molar-refractivity contribution < 1.29 is 14.4 Å². The number of benzene rings is 2. The molecule has 0 radical (unpaired) electrons. The van der Waals surface area contributed by atoms with Gasteiger partial charge in [-0.1, -0.05) is 55.5 Å². The lowest BCUT2D eigenvalue weighted by Gasteiger charge is -2.14. The van der Waals surface area contributed by atoms with Crippen molar-refractivity contribution in [1.29, 1.82) is 0 Å². The van der Waals surface area contributed by atoms with E-state index in [0.717, 1.165) is 5.56 Å². The third-order valence-corrected chi connectivity index (χ3v) is 3.43. The lowest BCUT2D eigenvalue weighted by atomic mass is 9.96. The van der Waals surface area contributed by atoms with Crippen molar-refractivity contribution in [3.63, 3.8) is 0 Å². The van der Waals surface area contributed by atoms with Crippen LogP contribution in [0.5, 0.6) is 0 Å². The molecule has 4 amide bonds. The summed E-state index contributed by atoms with van der Waals surface area (Å²) in [5, 5.41) is 4.37. The standard InChI is InChI=1S/C18H18N2O3/c1-2-15(13-9-5-3-6-10-13)17(22)20-18(23)19-16(21)14-11-7-4-8-12-14/h3-12,15H,2H2,1H3,(H2,19,20,21,22,23). The second-order valence-electron chi connectivity index (χ2n) is 5.01. The van der Waals surface area contributed by atoms with Crippen molar-refractivity contribution in [2.75, 3.05) is 0 Å². The van der Waals surface area contributed by atoms with Crippen LogP contribution < -0.4 is 10.6 Å². The zero-order valence-electron chi connectivity index (χ0n) is 12.8. The normalized spacial score (nSPS) is 11.3. The fraction of sp³-hybridized carbons (Fsp3) is 0.167. The molecule has 0 saturated carbocycles. The Hall–Kier alpha value is -2.95. The first kappa shape index (κ1) is 16.4. The van der Waals surface area contributed by atoms with Gasteiger partial charge in [-0.25, -0.2) is 4.79 Å². The average Bonchev–Trinajstić information content (AvgIpc) is 2.57. The van der Waals surface area contributed by atoms with E-state index in [4.69, 9.17) is 0 Å². The van der Waals surface area contributed by atoms with E-state index in [1.165, 1.54) is 0 Å². The number of amides is 4. The zero-order chi connectivity index (χ0) is 16.7. The van der Waals surface area contributed by atoms with Gasteiger partial charge in [0.1, 0.15) is 0 Å². The number of rotatable bonds is 4. The summed E-state index contributed by atoms with van der Waals surface area (Å²) in [4.78, 5) is 35.9. The van der Waals surface area contributed by atoms with Crippen molar-refractivity contribution in [3.05, 3.63) is 71.8 Å². The molecule has 2 rings (SSSR count). The molecule has 0 aliphatic rings. The number of urea groups is 1. The summed E-state index contributed by atoms with van der Waals surface area (Å²) in [6.07, 6.45) is 0.551. The maximum absolute atomic E-state index is 12.2. The highest BCUT2D eigenvalue weighted by molar-refractivity contribution is 6.08. The molecule has 1 unspecified atom stereocenters. The van der Waals surface area contributed by atoms with Gasteiger partial charge in [0.2, 0.25) is 5.91 Å². The largest absolute Gasteiger partial charge is 0.328 e. The molecule has 0 aliphatic heterocycles. The van der Waals surface area contributed by atoms with E-state index in [0.29, 0.717) is 12.0 Å². The predicted octanol–water partition coefficient (Wildman–Crippen LogP) is 2.85. The maximum atomic E-state index is 12.2. The van der Waals surface area contributed by atoms with E-state index >= 15 is 0 Å². The predicted molar refractivity (Wildman–Crippen MR) is 86.9 cm³/mol. The van der Waals surface area contributed by atoms with Crippen LogP contribution in [0, 0.1) is 0 Å². The first-order chi connectivity index (χ1) is 11.1. The molecule has 0 aliphatic carbocycles. The molecule has 0 fully saturated rings. The Morgan fingerprint density at radius 2 is 1.43 bits per heavy atom. The highest BCUT2D eigenvalue weighted by Gasteiger charge is 2.21. The van der Waals surface area contributed by atoms with E-state index in [1.54, 1.807) is 30.3 Å². The Labute approximate surface area is 134 Å². The van der Waals surface area contributed by atoms with Gasteiger partial charge >= 0.3 is 6.03 Å². The fourth-order valence-electron chi connectivity index (χ4n) is 2.25. The van der Waals surface area contributed by atoms with Crippen molar-refractivity contribution in [2.45, 2.75) is 19.3 Å². The summed E-state index contributed by atoms with van der Waals surface area (Å²) in [6, 6.07) is 16.7. The van der Waals surface area contributed by atoms with Gasteiger partial charge in [0.25, 0.3) is 5.91 Å². The average molecular weight is 310 g/mol. The summed E-state index contributed by atoms with van der Waals surface area (Å²) in [5.41, 5.74) is 1.18. The fourth-order valence-corrected chi connectivity index (χ4v) is 2.25. The molecular formula is C18H18N2O3. The van der Waals surface area contributed by atoms with Crippen LogP contribution in [0.15, 0.2) is 60.7 Å². The summed E-state index contributed by atoms with van der Waals surface area (Å²) < 4.78 is 0. The van der Waals surface area contributed by atoms with Gasteiger partial charge in [-0.15, -0.1) is 0 Å². The number of nitrogens with one attached hydrogen (secondary N) is 2. The molecule has 0 bridgehead atoms. The van der Waals surface area contributed by atoms with Crippen LogP contribution in [-0.2, 0) is 4.79 Å². The Morgan fingerprint density at radius 1 is 0.870 bits per heavy atom. The number of carbonyl (C=O) groups is 3. The molecule has 0 aromatic heterocycles. The van der Waals surface area contributed by atoms with E-state index in [-0.39, 0.29) is 0 Å². The molecule has 1 atom stereocenters. The highest BCUT2D eigenvalue weighted by atomic mass is 16.2. The minimum atomic E-state index is -0.821. The minimum absolute atomic E-state index is 0.352. The summed E-state index contributed by atoms with van der Waals surface area (Å²) in [6.45, 7) is 1.87. The van der Waals surface area contributed by atoms with Crippen LogP contribution in [-0.4, -0.2) is 17.8 Å². The molecule has 0 saturated heterocycles. The minimum Gasteiger partial charge on any atom is -0.277 e. The van der Waals surface area contributed by atoms with Gasteiger partial charge < -0.3 is 0 Å². The van der Waals surface area contributed by atoms with Crippen molar-refractivity contribution >= 4 is 17.8 Å². The third kappa shape index (κ3) is 4.51. The van der Waals surface area contributed by atoms with E-state index < -0.39 is 23.8 Å². The number of imide groups is 2. The Balaban J connectivity index is 1.96. The lowest BCUT2D eigenvalue weighted by Crippen LogP contribution is -2.44. The van der Waals surface area contributed by atoms with Crippen molar-refractivity contribution in [3.8, 4) is 0 Å². The molecular weight excluding hydrogens is 292 g/mol. The molecule has 2 N–H and O–H groups in total. The Bertz CT molecular complexity index is 684. The molecule has 118 valence electrons. The summed E-state index contributed by atoms with van der Waals surface area (Å²) in [5.74, 6) is -1.42. The second-order valence-corrected chi connectivity index (χ2v) is 5.01. The third-order valence-electron chi connectivity index (χ3n) is 3.43. The van der Waals surface area contributed by atoms with Crippen molar-refractivity contribution in [1.82, 2.24) is 10.6 Å². The first-order valence-corrected chi connectivity index (χ1v) is 7.38. The van der Waals surface area contributed by atoms with Crippen LogP contribution in [0.25, 0.3) is 0 Å². The van der Waals surface area contributed by atoms with Gasteiger partial charge in [0.05, 0.1) is 5.92 Å². The van der Waals surface area contributed by atoms with Gasteiger partial charge in [0.15, 0.2) is 0 Å². The van der Waals surface area contributed by atoms with Crippen LogP contribution in [0.2, 0.25) is 0 Å². The molecule has 2 aromatic carbocycles. The lowest BCUT2D eigenvalue weighted by molar-refractivity contribution is -0.121. The van der Waals surface area contributed by atoms with Gasteiger partial charge in [-0.05, 0) is 24.1 Å². The van der Waals surface area contributed by atoms with Gasteiger partial charge in [-0.3, -0.25) is 20.2 Å². The second kappa shape index (κ2) is 7.89. The van der Waals surface area contributed by atoms with Crippen LogP contribution in [0.4, 0.5) is 4.79 Å². The SMILES string of the molecule is CCC(C(=O)NC(=O)NC(=O)c1ccccc1)c1ccccc1. The highest BCUT2D eigenvalue weighted by Crippen LogP contribution is 2.19. The Morgan fingerprint density at radius 3 is 2.00 bits per heavy atom. The molecule has 5 heteroatoms. The molecule has 23 heavy (non-hydrogen) atoms. The number of hydrogen-bond acceptors (Lipinski definition) is 3. The van der Waals surface area contributed by atoms with Gasteiger partial charge in [-0.2, -0.15) is 0 Å². The van der Waals surface area contributed by atoms with Crippen LogP contribution in [0.3, 0.4) is 0 Å². The van der Waals surface area contributed by atoms with Crippen molar-refractivity contribution in [2.24, 2.45) is 0 Å².